The molecule has 0 saturated carbocycles. The van der Waals surface area contributed by atoms with Gasteiger partial charge in [0.15, 0.2) is 5.75 Å². The lowest BCUT2D eigenvalue weighted by Crippen LogP contribution is -2.07. The Morgan fingerprint density at radius 3 is 2.50 bits per heavy atom. The van der Waals surface area contributed by atoms with Gasteiger partial charge < -0.3 is 5.11 Å². The molecule has 3 nitrogen and oxygen atoms in total. The van der Waals surface area contributed by atoms with Crippen molar-refractivity contribution in [1.82, 2.24) is 9.78 Å². The van der Waals surface area contributed by atoms with Crippen LogP contribution in [0.1, 0.15) is 11.4 Å². The molecule has 0 spiro atoms. The van der Waals surface area contributed by atoms with Crippen LogP contribution >= 0.6 is 11.6 Å². The Hall–Kier alpha value is -1.69. The fourth-order valence-corrected chi connectivity index (χ4v) is 1.73. The van der Waals surface area contributed by atoms with Crippen molar-refractivity contribution in [2.24, 2.45) is 0 Å². The van der Waals surface area contributed by atoms with Gasteiger partial charge in [-0.3, -0.25) is 0 Å². The molecule has 0 aliphatic heterocycles. The van der Waals surface area contributed by atoms with Gasteiger partial charge in [0, 0.05) is 5.02 Å². The topological polar surface area (TPSA) is 38.1 Å². The van der Waals surface area contributed by atoms with Crippen molar-refractivity contribution in [2.75, 3.05) is 0 Å². The first-order chi connectivity index (χ1) is 8.30. The molecule has 96 valence electrons. The van der Waals surface area contributed by atoms with E-state index in [1.165, 1.54) is 13.0 Å². The zero-order valence-corrected chi connectivity index (χ0v) is 9.92. The third-order valence-electron chi connectivity index (χ3n) is 2.41. The first kappa shape index (κ1) is 12.8. The highest BCUT2D eigenvalue weighted by atomic mass is 35.5. The van der Waals surface area contributed by atoms with Gasteiger partial charge in [0.25, 0.3) is 0 Å². The number of hydrogen-bond acceptors (Lipinski definition) is 2. The van der Waals surface area contributed by atoms with Crippen LogP contribution in [0.15, 0.2) is 24.3 Å². The molecule has 2 aromatic rings. The number of benzene rings is 1. The van der Waals surface area contributed by atoms with Gasteiger partial charge in [-0.2, -0.15) is 18.3 Å². The molecule has 0 amide bonds. The van der Waals surface area contributed by atoms with Crippen molar-refractivity contribution in [3.8, 4) is 11.4 Å². The maximum atomic E-state index is 12.6. The average Bonchev–Trinajstić information content (AvgIpc) is 2.55. The quantitative estimate of drug-likeness (QED) is 0.865. The smallest absolute Gasteiger partial charge is 0.438 e. The van der Waals surface area contributed by atoms with Crippen molar-refractivity contribution < 1.29 is 18.3 Å². The van der Waals surface area contributed by atoms with Crippen molar-refractivity contribution >= 4 is 11.6 Å². The highest BCUT2D eigenvalue weighted by molar-refractivity contribution is 6.30. The molecule has 0 fully saturated rings. The molecule has 2 rings (SSSR count). The molecule has 18 heavy (non-hydrogen) atoms. The van der Waals surface area contributed by atoms with Crippen LogP contribution in [0, 0.1) is 6.92 Å². The van der Waals surface area contributed by atoms with E-state index in [0.717, 1.165) is 4.68 Å². The zero-order valence-electron chi connectivity index (χ0n) is 9.16. The molecule has 7 heteroatoms. The Morgan fingerprint density at radius 2 is 2.00 bits per heavy atom. The Morgan fingerprint density at radius 1 is 1.33 bits per heavy atom. The maximum Gasteiger partial charge on any atom is 0.438 e. The lowest BCUT2D eigenvalue weighted by molar-refractivity contribution is -0.142. The van der Waals surface area contributed by atoms with E-state index in [-0.39, 0.29) is 5.69 Å². The third kappa shape index (κ3) is 2.15. The van der Waals surface area contributed by atoms with E-state index < -0.39 is 17.6 Å². The second-order valence-electron chi connectivity index (χ2n) is 3.67. The van der Waals surface area contributed by atoms with Gasteiger partial charge in [-0.1, -0.05) is 17.7 Å². The number of aromatic hydroxyl groups is 1. The van der Waals surface area contributed by atoms with Crippen LogP contribution in [0.2, 0.25) is 5.02 Å². The first-order valence-electron chi connectivity index (χ1n) is 4.92. The summed E-state index contributed by atoms with van der Waals surface area (Å²) in [5, 5.41) is 13.2. The summed E-state index contributed by atoms with van der Waals surface area (Å²) in [5.74, 6) is -0.873. The van der Waals surface area contributed by atoms with Crippen molar-refractivity contribution in [3.63, 3.8) is 0 Å². The normalized spacial score (nSPS) is 11.8. The molecule has 0 aliphatic carbocycles. The zero-order chi connectivity index (χ0) is 13.5. The Kier molecular flexibility index (Phi) is 2.98. The monoisotopic (exact) mass is 276 g/mol. The standard InChI is InChI=1S/C11H8ClF3N2O/c1-6-9(18)10(11(13,14)15)16-17(6)8-4-2-3-7(12)5-8/h2-5,18H,1H3. The molecule has 1 aromatic carbocycles. The second kappa shape index (κ2) is 4.20. The van der Waals surface area contributed by atoms with Crippen LogP contribution in [0.3, 0.4) is 0 Å². The maximum absolute atomic E-state index is 12.6. The lowest BCUT2D eigenvalue weighted by atomic mass is 10.3. The highest BCUT2D eigenvalue weighted by Gasteiger charge is 2.39. The van der Waals surface area contributed by atoms with Gasteiger partial charge in [0.1, 0.15) is 0 Å². The van der Waals surface area contributed by atoms with Crippen LogP contribution in [0.4, 0.5) is 13.2 Å². The summed E-state index contributed by atoms with van der Waals surface area (Å²) in [7, 11) is 0. The summed E-state index contributed by atoms with van der Waals surface area (Å²) in [5.41, 5.74) is -0.949. The van der Waals surface area contributed by atoms with E-state index in [1.54, 1.807) is 18.2 Å². The summed E-state index contributed by atoms with van der Waals surface area (Å²) in [6.45, 7) is 1.35. The minimum atomic E-state index is -4.70. The van der Waals surface area contributed by atoms with Crippen molar-refractivity contribution in [2.45, 2.75) is 13.1 Å². The fraction of sp³-hybridized carbons (Fsp3) is 0.182. The SMILES string of the molecule is Cc1c(O)c(C(F)(F)F)nn1-c1cccc(Cl)c1. The third-order valence-corrected chi connectivity index (χ3v) is 2.64. The minimum absolute atomic E-state index is 0.00425. The van der Waals surface area contributed by atoms with Crippen LogP contribution < -0.4 is 0 Å². The molecular weight excluding hydrogens is 269 g/mol. The van der Waals surface area contributed by atoms with E-state index in [9.17, 15) is 18.3 Å². The first-order valence-corrected chi connectivity index (χ1v) is 5.30. The van der Waals surface area contributed by atoms with E-state index in [1.807, 2.05) is 0 Å². The average molecular weight is 277 g/mol. The highest BCUT2D eigenvalue weighted by Crippen LogP contribution is 2.37. The molecule has 1 aromatic heterocycles. The van der Waals surface area contributed by atoms with Gasteiger partial charge in [-0.05, 0) is 25.1 Å². The van der Waals surface area contributed by atoms with E-state index in [2.05, 4.69) is 5.10 Å². The Balaban J connectivity index is 2.60. The molecule has 0 aliphatic rings. The molecule has 0 unspecified atom stereocenters. The predicted octanol–water partition coefficient (Wildman–Crippen LogP) is 3.56. The Bertz CT molecular complexity index is 592. The van der Waals surface area contributed by atoms with Crippen LogP contribution in [0.5, 0.6) is 5.75 Å². The van der Waals surface area contributed by atoms with Gasteiger partial charge in [0.05, 0.1) is 11.4 Å². The number of aromatic nitrogens is 2. The van der Waals surface area contributed by atoms with Crippen molar-refractivity contribution in [1.29, 1.82) is 0 Å². The summed E-state index contributed by atoms with van der Waals surface area (Å²) in [6, 6.07) is 6.18. The summed E-state index contributed by atoms with van der Waals surface area (Å²) < 4.78 is 38.7. The molecule has 0 bridgehead atoms. The summed E-state index contributed by atoms with van der Waals surface area (Å²) >= 11 is 5.76. The van der Waals surface area contributed by atoms with Gasteiger partial charge >= 0.3 is 6.18 Å². The molecule has 1 heterocycles. The van der Waals surface area contributed by atoms with Gasteiger partial charge in [-0.25, -0.2) is 4.68 Å². The lowest BCUT2D eigenvalue weighted by Gasteiger charge is -2.04. The van der Waals surface area contributed by atoms with Crippen molar-refractivity contribution in [3.05, 3.63) is 40.7 Å². The summed E-state index contributed by atoms with van der Waals surface area (Å²) in [4.78, 5) is 0. The van der Waals surface area contributed by atoms with E-state index in [4.69, 9.17) is 11.6 Å². The van der Waals surface area contributed by atoms with E-state index in [0.29, 0.717) is 10.7 Å². The molecule has 1 N–H and O–H groups in total. The summed E-state index contributed by atoms with van der Waals surface area (Å²) in [6.07, 6.45) is -4.70. The Labute approximate surface area is 105 Å². The molecule has 0 saturated heterocycles. The largest absolute Gasteiger partial charge is 0.504 e. The number of alkyl halides is 3. The van der Waals surface area contributed by atoms with Crippen LogP contribution in [-0.4, -0.2) is 14.9 Å². The number of hydrogen-bond donors (Lipinski definition) is 1. The number of rotatable bonds is 1. The molecule has 0 radical (unpaired) electrons. The molecular formula is C11H8ClF3N2O. The fourth-order valence-electron chi connectivity index (χ4n) is 1.54. The predicted molar refractivity (Wildman–Crippen MR) is 60.0 cm³/mol. The molecule has 0 atom stereocenters. The van der Waals surface area contributed by atoms with Gasteiger partial charge in [0.2, 0.25) is 5.69 Å². The minimum Gasteiger partial charge on any atom is -0.504 e. The van der Waals surface area contributed by atoms with Crippen LogP contribution in [-0.2, 0) is 6.18 Å². The van der Waals surface area contributed by atoms with E-state index >= 15 is 0 Å². The second-order valence-corrected chi connectivity index (χ2v) is 4.11. The number of nitrogens with zero attached hydrogens (tertiary/aromatic N) is 2. The van der Waals surface area contributed by atoms with Gasteiger partial charge in [-0.15, -0.1) is 0 Å². The van der Waals surface area contributed by atoms with Crippen LogP contribution in [0.25, 0.3) is 5.69 Å². The number of halogens is 4.